The predicted molar refractivity (Wildman–Crippen MR) is 106 cm³/mol. The van der Waals surface area contributed by atoms with E-state index in [1.165, 1.54) is 12.1 Å². The van der Waals surface area contributed by atoms with Crippen molar-refractivity contribution in [1.29, 1.82) is 0 Å². The molecule has 0 spiro atoms. The number of anilines is 1. The van der Waals surface area contributed by atoms with E-state index in [4.69, 9.17) is 28.6 Å². The van der Waals surface area contributed by atoms with Crippen LogP contribution in [-0.2, 0) is 11.2 Å². The van der Waals surface area contributed by atoms with Gasteiger partial charge in [-0.05, 0) is 67.9 Å². The highest BCUT2D eigenvalue weighted by Crippen LogP contribution is 2.21. The zero-order chi connectivity index (χ0) is 18.9. The van der Waals surface area contributed by atoms with Crippen molar-refractivity contribution in [3.63, 3.8) is 0 Å². The average Bonchev–Trinajstić information content (AvgIpc) is 2.60. The fraction of sp³-hybridized carbons (Fsp3) is 0.263. The van der Waals surface area contributed by atoms with Crippen molar-refractivity contribution in [2.45, 2.75) is 19.8 Å². The van der Waals surface area contributed by atoms with E-state index in [1.807, 2.05) is 0 Å². The van der Waals surface area contributed by atoms with Crippen molar-refractivity contribution in [2.24, 2.45) is 0 Å². The van der Waals surface area contributed by atoms with Crippen LogP contribution in [0.25, 0.3) is 0 Å². The van der Waals surface area contributed by atoms with E-state index in [2.05, 4.69) is 10.6 Å². The number of carbonyl (C=O) groups excluding carboxylic acids is 1. The van der Waals surface area contributed by atoms with Gasteiger partial charge in [-0.3, -0.25) is 0 Å². The third-order valence-electron chi connectivity index (χ3n) is 3.56. The summed E-state index contributed by atoms with van der Waals surface area (Å²) < 4.78 is 17.8. The molecule has 0 radical (unpaired) electrons. The van der Waals surface area contributed by atoms with Crippen LogP contribution >= 0.6 is 23.8 Å². The Morgan fingerprint density at radius 3 is 2.62 bits per heavy atom. The minimum absolute atomic E-state index is 0.232. The first-order valence-corrected chi connectivity index (χ1v) is 9.04. The van der Waals surface area contributed by atoms with Gasteiger partial charge >= 0.3 is 5.97 Å². The minimum Gasteiger partial charge on any atom is -0.462 e. The first kappa shape index (κ1) is 20.1. The smallest absolute Gasteiger partial charge is 0.339 e. The number of halogens is 2. The summed E-state index contributed by atoms with van der Waals surface area (Å²) >= 11 is 11.4. The lowest BCUT2D eigenvalue weighted by atomic mass is 10.1. The van der Waals surface area contributed by atoms with Gasteiger partial charge in [0, 0.05) is 12.2 Å². The van der Waals surface area contributed by atoms with Gasteiger partial charge < -0.3 is 15.4 Å². The van der Waals surface area contributed by atoms with E-state index in [1.54, 1.807) is 37.3 Å². The van der Waals surface area contributed by atoms with Crippen molar-refractivity contribution in [1.82, 2.24) is 5.32 Å². The van der Waals surface area contributed by atoms with Gasteiger partial charge in [-0.2, -0.15) is 0 Å². The van der Waals surface area contributed by atoms with Crippen LogP contribution in [0.4, 0.5) is 10.1 Å². The van der Waals surface area contributed by atoms with E-state index >= 15 is 0 Å². The number of hydrogen-bond acceptors (Lipinski definition) is 3. The normalized spacial score (nSPS) is 10.3. The first-order valence-electron chi connectivity index (χ1n) is 8.25. The summed E-state index contributed by atoms with van der Waals surface area (Å²) in [5.41, 5.74) is 2.07. The number of benzene rings is 2. The Morgan fingerprint density at radius 2 is 1.96 bits per heavy atom. The van der Waals surface area contributed by atoms with E-state index < -0.39 is 5.97 Å². The highest BCUT2D eigenvalue weighted by Gasteiger charge is 2.12. The number of esters is 1. The zero-order valence-electron chi connectivity index (χ0n) is 14.4. The van der Waals surface area contributed by atoms with Crippen molar-refractivity contribution in [3.8, 4) is 0 Å². The molecule has 0 aliphatic heterocycles. The van der Waals surface area contributed by atoms with Crippen LogP contribution in [0.2, 0.25) is 5.02 Å². The second-order valence-electron chi connectivity index (χ2n) is 5.53. The zero-order valence-corrected chi connectivity index (χ0v) is 15.9. The van der Waals surface area contributed by atoms with Crippen LogP contribution in [0.3, 0.4) is 0 Å². The summed E-state index contributed by atoms with van der Waals surface area (Å²) in [7, 11) is 0. The molecule has 7 heteroatoms. The Balaban J connectivity index is 1.77. The van der Waals surface area contributed by atoms with Crippen LogP contribution in [0.1, 0.15) is 29.3 Å². The number of ether oxygens (including phenoxy) is 1. The maximum absolute atomic E-state index is 12.9. The minimum atomic E-state index is -0.453. The largest absolute Gasteiger partial charge is 0.462 e. The number of hydrogen-bond donors (Lipinski definition) is 2. The quantitative estimate of drug-likeness (QED) is 0.409. The highest BCUT2D eigenvalue weighted by molar-refractivity contribution is 7.80. The second kappa shape index (κ2) is 10.1. The average molecular weight is 395 g/mol. The summed E-state index contributed by atoms with van der Waals surface area (Å²) in [6, 6.07) is 11.4. The molecule has 0 aromatic heterocycles. The molecular formula is C19H20ClFN2O2S. The summed E-state index contributed by atoms with van der Waals surface area (Å²) in [5, 5.41) is 6.88. The van der Waals surface area contributed by atoms with E-state index in [9.17, 15) is 9.18 Å². The Labute approximate surface area is 162 Å². The third-order valence-corrected chi connectivity index (χ3v) is 4.12. The van der Waals surface area contributed by atoms with E-state index in [0.29, 0.717) is 34.5 Å². The fourth-order valence-electron chi connectivity index (χ4n) is 2.29. The van der Waals surface area contributed by atoms with Crippen molar-refractivity contribution in [3.05, 3.63) is 64.4 Å². The Morgan fingerprint density at radius 1 is 1.23 bits per heavy atom. The predicted octanol–water partition coefficient (Wildman–Crippen LogP) is 4.58. The van der Waals surface area contributed by atoms with Crippen LogP contribution in [0.15, 0.2) is 42.5 Å². The van der Waals surface area contributed by atoms with Gasteiger partial charge in [0.25, 0.3) is 0 Å². The van der Waals surface area contributed by atoms with Crippen molar-refractivity contribution >= 4 is 40.6 Å². The molecule has 2 aromatic carbocycles. The summed E-state index contributed by atoms with van der Waals surface area (Å²) in [6.07, 6.45) is 1.69. The maximum atomic E-state index is 12.9. The highest BCUT2D eigenvalue weighted by atomic mass is 35.5. The molecule has 4 nitrogen and oxygen atoms in total. The lowest BCUT2D eigenvalue weighted by Crippen LogP contribution is -2.29. The summed E-state index contributed by atoms with van der Waals surface area (Å²) in [5.74, 6) is -0.685. The molecule has 0 atom stereocenters. The fourth-order valence-corrected chi connectivity index (χ4v) is 2.77. The first-order chi connectivity index (χ1) is 12.5. The molecule has 0 aliphatic carbocycles. The molecule has 0 bridgehead atoms. The van der Waals surface area contributed by atoms with Gasteiger partial charge in [0.2, 0.25) is 0 Å². The maximum Gasteiger partial charge on any atom is 0.339 e. The van der Waals surface area contributed by atoms with Gasteiger partial charge in [-0.25, -0.2) is 9.18 Å². The number of carbonyl (C=O) groups is 1. The second-order valence-corrected chi connectivity index (χ2v) is 6.34. The molecule has 2 N–H and O–H groups in total. The number of thiocarbonyl (C=S) groups is 1. The lowest BCUT2D eigenvalue weighted by molar-refractivity contribution is 0.0526. The van der Waals surface area contributed by atoms with Crippen LogP contribution in [0, 0.1) is 5.82 Å². The van der Waals surface area contributed by atoms with Crippen molar-refractivity contribution < 1.29 is 13.9 Å². The lowest BCUT2D eigenvalue weighted by Gasteiger charge is -2.12. The number of nitrogens with one attached hydrogen (secondary N) is 2. The van der Waals surface area contributed by atoms with Crippen LogP contribution in [-0.4, -0.2) is 24.2 Å². The third kappa shape index (κ3) is 6.28. The van der Waals surface area contributed by atoms with E-state index in [0.717, 1.165) is 18.4 Å². The Kier molecular flexibility index (Phi) is 7.81. The molecule has 2 rings (SSSR count). The Bertz CT molecular complexity index is 769. The molecule has 0 unspecified atom stereocenters. The molecule has 0 saturated heterocycles. The monoisotopic (exact) mass is 394 g/mol. The van der Waals surface area contributed by atoms with Gasteiger partial charge in [-0.1, -0.05) is 23.7 Å². The van der Waals surface area contributed by atoms with E-state index in [-0.39, 0.29) is 5.82 Å². The summed E-state index contributed by atoms with van der Waals surface area (Å²) in [6.45, 7) is 2.71. The molecule has 0 saturated carbocycles. The Hall–Kier alpha value is -2.18. The van der Waals surface area contributed by atoms with Gasteiger partial charge in [-0.15, -0.1) is 0 Å². The number of aryl methyl sites for hydroxylation is 1. The molecule has 26 heavy (non-hydrogen) atoms. The number of rotatable bonds is 7. The summed E-state index contributed by atoms with van der Waals surface area (Å²) in [4.78, 5) is 11.7. The molecule has 0 aliphatic rings. The molecular weight excluding hydrogens is 375 g/mol. The van der Waals surface area contributed by atoms with Gasteiger partial charge in [0.05, 0.1) is 17.2 Å². The molecule has 0 fully saturated rings. The molecule has 2 aromatic rings. The SMILES string of the molecule is CCOC(=O)c1ccc(NC(=S)NCCCc2ccc(F)cc2)cc1Cl. The van der Waals surface area contributed by atoms with Gasteiger partial charge in [0.15, 0.2) is 5.11 Å². The standard InChI is InChI=1S/C19H20ClFN2O2S/c1-2-25-18(24)16-10-9-15(12-17(16)20)23-19(26)22-11-3-4-13-5-7-14(21)8-6-13/h5-10,12H,2-4,11H2,1H3,(H2,22,23,26). The molecule has 0 amide bonds. The van der Waals surface area contributed by atoms with Crippen LogP contribution in [0.5, 0.6) is 0 Å². The van der Waals surface area contributed by atoms with Gasteiger partial charge in [0.1, 0.15) is 5.82 Å². The van der Waals surface area contributed by atoms with Crippen molar-refractivity contribution in [2.75, 3.05) is 18.5 Å². The topological polar surface area (TPSA) is 50.4 Å². The molecule has 0 heterocycles. The molecule has 138 valence electrons. The van der Waals surface area contributed by atoms with Crippen LogP contribution < -0.4 is 10.6 Å².